The van der Waals surface area contributed by atoms with Crippen LogP contribution in [0.2, 0.25) is 0 Å². The zero-order valence-corrected chi connectivity index (χ0v) is 24.8. The van der Waals surface area contributed by atoms with Gasteiger partial charge in [-0.15, -0.1) is 18.3 Å². The Morgan fingerprint density at radius 1 is 1.29 bits per heavy atom. The third kappa shape index (κ3) is 4.44. The van der Waals surface area contributed by atoms with E-state index in [1.807, 2.05) is 52.0 Å². The van der Waals surface area contributed by atoms with Crippen LogP contribution >= 0.6 is 0 Å². The van der Waals surface area contributed by atoms with Crippen LogP contribution in [0, 0.1) is 23.7 Å². The summed E-state index contributed by atoms with van der Waals surface area (Å²) in [6.07, 6.45) is 4.17. The molecule has 7 atom stereocenters. The number of carbonyl (C=O) groups is 3. The number of ether oxygens (including phenoxy) is 2. The van der Waals surface area contributed by atoms with Gasteiger partial charge in [-0.2, -0.15) is 0 Å². The second-order valence-electron chi connectivity index (χ2n) is 12.3. The number of aliphatic hydroxyl groups excluding tert-OH is 1. The number of para-hydroxylation sites is 1. The Kier molecular flexibility index (Phi) is 8.02. The van der Waals surface area contributed by atoms with Gasteiger partial charge in [-0.25, -0.2) is 4.68 Å². The minimum atomic E-state index is -1.27. The number of hydrogen-bond donors (Lipinski definition) is 1. The molecule has 2 bridgehead atoms. The van der Waals surface area contributed by atoms with Crippen LogP contribution < -0.4 is 0 Å². The monoisotopic (exact) mass is 579 g/mol. The van der Waals surface area contributed by atoms with Gasteiger partial charge in [0, 0.05) is 6.54 Å². The molecule has 5 rings (SSSR count). The minimum absolute atomic E-state index is 0.0654. The molecule has 3 saturated heterocycles. The summed E-state index contributed by atoms with van der Waals surface area (Å²) in [6, 6.07) is 5.73. The SMILES string of the molecule is C=CCCOC(=O)[C@@H]1[C@H]2C(=O)N([C@@H](CO)C(C)C)C(C(=O)N(CC=C)Cn3nnc4ccccc43)C23CC(C)[C@@]1(C)O3. The first-order valence-electron chi connectivity index (χ1n) is 14.6. The van der Waals surface area contributed by atoms with Crippen molar-refractivity contribution in [2.75, 3.05) is 19.8 Å². The quantitative estimate of drug-likeness (QED) is 0.231. The van der Waals surface area contributed by atoms with E-state index in [-0.39, 0.29) is 50.1 Å². The molecule has 11 nitrogen and oxygen atoms in total. The Bertz CT molecular complexity index is 1390. The van der Waals surface area contributed by atoms with E-state index in [0.29, 0.717) is 18.4 Å². The molecule has 2 aromatic rings. The number of benzene rings is 1. The van der Waals surface area contributed by atoms with Crippen molar-refractivity contribution in [1.82, 2.24) is 24.8 Å². The lowest BCUT2D eigenvalue weighted by Crippen LogP contribution is -2.60. The van der Waals surface area contributed by atoms with Crippen molar-refractivity contribution in [1.29, 1.82) is 0 Å². The Balaban J connectivity index is 1.59. The molecule has 0 saturated carbocycles. The fraction of sp³-hybridized carbons (Fsp3) is 0.581. The van der Waals surface area contributed by atoms with Gasteiger partial charge in [-0.3, -0.25) is 14.4 Å². The number of carbonyl (C=O) groups excluding carboxylic acids is 3. The normalized spacial score (nSPS) is 30.5. The zero-order chi connectivity index (χ0) is 30.4. The van der Waals surface area contributed by atoms with Crippen molar-refractivity contribution in [3.8, 4) is 0 Å². The lowest BCUT2D eigenvalue weighted by atomic mass is 9.62. The van der Waals surface area contributed by atoms with Gasteiger partial charge in [-0.1, -0.05) is 50.3 Å². The summed E-state index contributed by atoms with van der Waals surface area (Å²) >= 11 is 0. The van der Waals surface area contributed by atoms with Crippen LogP contribution in [0.15, 0.2) is 49.6 Å². The minimum Gasteiger partial charge on any atom is -0.465 e. The van der Waals surface area contributed by atoms with Gasteiger partial charge in [-0.05, 0) is 43.7 Å². The van der Waals surface area contributed by atoms with Crippen molar-refractivity contribution < 1.29 is 29.0 Å². The van der Waals surface area contributed by atoms with Crippen molar-refractivity contribution >= 4 is 28.8 Å². The molecule has 4 heterocycles. The number of rotatable bonds is 12. The van der Waals surface area contributed by atoms with Crippen LogP contribution in [0.3, 0.4) is 0 Å². The molecule has 42 heavy (non-hydrogen) atoms. The van der Waals surface area contributed by atoms with E-state index in [2.05, 4.69) is 23.5 Å². The lowest BCUT2D eigenvalue weighted by molar-refractivity contribution is -0.164. The third-order valence-corrected chi connectivity index (χ3v) is 9.51. The highest BCUT2D eigenvalue weighted by Crippen LogP contribution is 2.65. The second kappa shape index (κ2) is 11.3. The highest BCUT2D eigenvalue weighted by Gasteiger charge is 2.80. The van der Waals surface area contributed by atoms with Gasteiger partial charge in [0.2, 0.25) is 11.8 Å². The predicted octanol–water partition coefficient (Wildman–Crippen LogP) is 2.55. The highest BCUT2D eigenvalue weighted by atomic mass is 16.6. The largest absolute Gasteiger partial charge is 0.465 e. The average Bonchev–Trinajstić information content (AvgIpc) is 3.62. The molecule has 1 spiro atoms. The first kappa shape index (κ1) is 29.9. The van der Waals surface area contributed by atoms with Crippen LogP contribution in [-0.2, 0) is 30.5 Å². The predicted molar refractivity (Wildman–Crippen MR) is 155 cm³/mol. The molecule has 3 aliphatic heterocycles. The Labute approximate surface area is 246 Å². The van der Waals surface area contributed by atoms with E-state index in [0.717, 1.165) is 5.52 Å². The number of hydrogen-bond acceptors (Lipinski definition) is 8. The number of likely N-dealkylation sites (tertiary alicyclic amines) is 1. The fourth-order valence-corrected chi connectivity index (χ4v) is 7.35. The van der Waals surface area contributed by atoms with Gasteiger partial charge in [0.25, 0.3) is 0 Å². The Morgan fingerprint density at radius 2 is 2.02 bits per heavy atom. The number of esters is 1. The number of aliphatic hydroxyl groups is 1. The maximum atomic E-state index is 14.8. The third-order valence-electron chi connectivity index (χ3n) is 9.51. The van der Waals surface area contributed by atoms with E-state index in [4.69, 9.17) is 9.47 Å². The molecule has 0 aliphatic carbocycles. The van der Waals surface area contributed by atoms with Crippen molar-refractivity contribution in [3.05, 3.63) is 49.6 Å². The molecule has 0 radical (unpaired) electrons. The molecule has 2 amide bonds. The molecular formula is C31H41N5O6. The van der Waals surface area contributed by atoms with Gasteiger partial charge < -0.3 is 24.4 Å². The number of fused-ring (bicyclic) bond motifs is 2. The van der Waals surface area contributed by atoms with Crippen LogP contribution in [0.25, 0.3) is 11.0 Å². The Hall–Kier alpha value is -3.57. The molecule has 226 valence electrons. The summed E-state index contributed by atoms with van der Waals surface area (Å²) in [4.78, 5) is 45.9. The van der Waals surface area contributed by atoms with E-state index in [1.165, 1.54) is 4.90 Å². The standard InChI is InChI=1S/C31H41N5O6/c1-7-9-15-41-29(40)25-24-27(38)36(23(17-37)19(3)4)26(31(24)16-20(5)30(25,6)42-31)28(39)34(14-8-2)18-35-22-13-11-10-12-21(22)32-33-35/h7-8,10-13,19-20,23-26,37H,1-2,9,14-18H2,3-6H3/t20?,23-,24-,25-,26?,30+,31?/m0/s1. The summed E-state index contributed by atoms with van der Waals surface area (Å²) in [7, 11) is 0. The van der Waals surface area contributed by atoms with Crippen LogP contribution in [0.4, 0.5) is 0 Å². The lowest BCUT2D eigenvalue weighted by Gasteiger charge is -2.40. The molecule has 1 aromatic carbocycles. The number of amides is 2. The Morgan fingerprint density at radius 3 is 2.69 bits per heavy atom. The smallest absolute Gasteiger partial charge is 0.312 e. The average molecular weight is 580 g/mol. The summed E-state index contributed by atoms with van der Waals surface area (Å²) in [6.45, 7) is 15.2. The van der Waals surface area contributed by atoms with E-state index in [1.54, 1.807) is 21.7 Å². The molecule has 1 aromatic heterocycles. The van der Waals surface area contributed by atoms with E-state index in [9.17, 15) is 19.5 Å². The second-order valence-corrected chi connectivity index (χ2v) is 12.3. The molecule has 1 N–H and O–H groups in total. The van der Waals surface area contributed by atoms with Gasteiger partial charge >= 0.3 is 5.97 Å². The topological polar surface area (TPSA) is 127 Å². The maximum Gasteiger partial charge on any atom is 0.312 e. The van der Waals surface area contributed by atoms with Crippen molar-refractivity contribution in [2.24, 2.45) is 23.7 Å². The van der Waals surface area contributed by atoms with Gasteiger partial charge in [0.15, 0.2) is 0 Å². The number of aromatic nitrogens is 3. The summed E-state index contributed by atoms with van der Waals surface area (Å²) < 4.78 is 14.0. The van der Waals surface area contributed by atoms with Gasteiger partial charge in [0.05, 0.1) is 36.3 Å². The summed E-state index contributed by atoms with van der Waals surface area (Å²) in [5, 5.41) is 19.0. The van der Waals surface area contributed by atoms with Crippen LogP contribution in [0.1, 0.15) is 40.5 Å². The molecule has 3 aliphatic rings. The van der Waals surface area contributed by atoms with Crippen LogP contribution in [0.5, 0.6) is 0 Å². The fourth-order valence-electron chi connectivity index (χ4n) is 7.35. The van der Waals surface area contributed by atoms with E-state index < -0.39 is 41.1 Å². The zero-order valence-electron chi connectivity index (χ0n) is 24.8. The summed E-state index contributed by atoms with van der Waals surface area (Å²) in [5.74, 6) is -3.35. The molecule has 3 unspecified atom stereocenters. The van der Waals surface area contributed by atoms with Gasteiger partial charge in [0.1, 0.15) is 29.7 Å². The molecule has 11 heteroatoms. The highest BCUT2D eigenvalue weighted by molar-refractivity contribution is 5.99. The molecular weight excluding hydrogens is 538 g/mol. The first-order valence-corrected chi connectivity index (χ1v) is 14.6. The van der Waals surface area contributed by atoms with Crippen molar-refractivity contribution in [3.63, 3.8) is 0 Å². The van der Waals surface area contributed by atoms with E-state index >= 15 is 0 Å². The van der Waals surface area contributed by atoms with Crippen molar-refractivity contribution in [2.45, 2.75) is 70.5 Å². The number of nitrogens with zero attached hydrogens (tertiary/aromatic N) is 5. The first-order chi connectivity index (χ1) is 20.0. The maximum absolute atomic E-state index is 14.8. The summed E-state index contributed by atoms with van der Waals surface area (Å²) in [5.41, 5.74) is -0.811. The molecule has 3 fully saturated rings. The van der Waals surface area contributed by atoms with Crippen LogP contribution in [-0.4, -0.2) is 90.7 Å².